The topological polar surface area (TPSA) is 72.9 Å². The van der Waals surface area contributed by atoms with Crippen molar-refractivity contribution in [3.8, 4) is 11.5 Å². The number of morpholine rings is 1. The molecule has 1 fully saturated rings. The molecule has 1 saturated heterocycles. The molecule has 1 aromatic heterocycles. The van der Waals surface area contributed by atoms with Crippen molar-refractivity contribution in [2.24, 2.45) is 0 Å². The number of pyridine rings is 1. The number of carbonyl (C=O) groups is 1. The van der Waals surface area contributed by atoms with Crippen LogP contribution in [0.4, 0.5) is 11.5 Å². The summed E-state index contributed by atoms with van der Waals surface area (Å²) in [5.41, 5.74) is 1.36. The van der Waals surface area contributed by atoms with Gasteiger partial charge in [-0.25, -0.2) is 4.98 Å². The highest BCUT2D eigenvalue weighted by atomic mass is 16.5. The average molecular weight is 407 g/mol. The molecule has 4 rings (SSSR count). The highest BCUT2D eigenvalue weighted by molar-refractivity contribution is 5.94. The Labute approximate surface area is 175 Å². The molecule has 0 saturated carbocycles. The van der Waals surface area contributed by atoms with E-state index in [1.807, 2.05) is 55.5 Å². The normalized spacial score (nSPS) is 13.8. The van der Waals surface area contributed by atoms with Crippen LogP contribution in [0, 0.1) is 0 Å². The molecule has 30 heavy (non-hydrogen) atoms. The van der Waals surface area contributed by atoms with E-state index in [9.17, 15) is 4.79 Å². The summed E-state index contributed by atoms with van der Waals surface area (Å²) >= 11 is 0. The van der Waals surface area contributed by atoms with Gasteiger partial charge < -0.3 is 24.4 Å². The van der Waals surface area contributed by atoms with E-state index >= 15 is 0 Å². The molecule has 1 amide bonds. The van der Waals surface area contributed by atoms with Crippen LogP contribution in [0.5, 0.6) is 11.5 Å². The van der Waals surface area contributed by atoms with E-state index < -0.39 is 0 Å². The molecule has 0 spiro atoms. The van der Waals surface area contributed by atoms with Gasteiger partial charge in [-0.1, -0.05) is 24.3 Å². The van der Waals surface area contributed by atoms with Gasteiger partial charge in [0.2, 0.25) is 0 Å². The van der Waals surface area contributed by atoms with Gasteiger partial charge in [0.05, 0.1) is 25.5 Å². The van der Waals surface area contributed by atoms with E-state index in [1.165, 1.54) is 0 Å². The van der Waals surface area contributed by atoms with Crippen molar-refractivity contribution in [3.05, 3.63) is 54.6 Å². The van der Waals surface area contributed by atoms with Crippen LogP contribution in [0.15, 0.2) is 54.6 Å². The number of hydrogen-bond acceptors (Lipinski definition) is 6. The van der Waals surface area contributed by atoms with Gasteiger partial charge in [0.25, 0.3) is 5.91 Å². The minimum atomic E-state index is -0.261. The van der Waals surface area contributed by atoms with Gasteiger partial charge in [-0.3, -0.25) is 4.79 Å². The minimum absolute atomic E-state index is 0.122. The van der Waals surface area contributed by atoms with Crippen molar-refractivity contribution in [1.82, 2.24) is 4.98 Å². The Morgan fingerprint density at radius 2 is 1.83 bits per heavy atom. The number of para-hydroxylation sites is 3. The second-order valence-corrected chi connectivity index (χ2v) is 6.86. The Bertz CT molecular complexity index is 1020. The number of hydrogen-bond donors (Lipinski definition) is 1. The molecule has 7 nitrogen and oxygen atoms in total. The number of carbonyl (C=O) groups excluding carboxylic acids is 1. The fraction of sp³-hybridized carbons (Fsp3) is 0.304. The molecule has 2 heterocycles. The third kappa shape index (κ3) is 4.63. The fourth-order valence-electron chi connectivity index (χ4n) is 3.38. The molecule has 0 atom stereocenters. The summed E-state index contributed by atoms with van der Waals surface area (Å²) in [7, 11) is 0. The van der Waals surface area contributed by atoms with Crippen LogP contribution in [-0.2, 0) is 9.53 Å². The van der Waals surface area contributed by atoms with E-state index in [2.05, 4.69) is 10.2 Å². The summed E-state index contributed by atoms with van der Waals surface area (Å²) in [5.74, 6) is 1.84. The highest BCUT2D eigenvalue weighted by Gasteiger charge is 2.15. The van der Waals surface area contributed by atoms with Crippen molar-refractivity contribution < 1.29 is 19.0 Å². The number of nitrogens with one attached hydrogen (secondary N) is 1. The van der Waals surface area contributed by atoms with Crippen LogP contribution in [0.1, 0.15) is 6.92 Å². The number of anilines is 2. The maximum absolute atomic E-state index is 12.5. The number of benzene rings is 2. The van der Waals surface area contributed by atoms with Gasteiger partial charge in [-0.2, -0.15) is 0 Å². The van der Waals surface area contributed by atoms with Crippen LogP contribution in [0.25, 0.3) is 10.9 Å². The second-order valence-electron chi connectivity index (χ2n) is 6.86. The van der Waals surface area contributed by atoms with Gasteiger partial charge in [-0.05, 0) is 37.3 Å². The zero-order valence-corrected chi connectivity index (χ0v) is 17.0. The lowest BCUT2D eigenvalue weighted by Gasteiger charge is -2.28. The quantitative estimate of drug-likeness (QED) is 0.646. The number of ether oxygens (including phenoxy) is 3. The molecular weight excluding hydrogens is 382 g/mol. The maximum Gasteiger partial charge on any atom is 0.262 e. The Morgan fingerprint density at radius 1 is 1.03 bits per heavy atom. The smallest absolute Gasteiger partial charge is 0.262 e. The number of amides is 1. The molecule has 1 N–H and O–H groups in total. The van der Waals surface area contributed by atoms with E-state index in [-0.39, 0.29) is 12.5 Å². The first kappa shape index (κ1) is 20.0. The van der Waals surface area contributed by atoms with Crippen LogP contribution in [-0.4, -0.2) is 50.4 Å². The van der Waals surface area contributed by atoms with Crippen molar-refractivity contribution in [3.63, 3.8) is 0 Å². The number of aromatic nitrogens is 1. The zero-order valence-electron chi connectivity index (χ0n) is 17.0. The molecule has 0 bridgehead atoms. The van der Waals surface area contributed by atoms with Crippen molar-refractivity contribution in [2.75, 3.05) is 49.7 Å². The van der Waals surface area contributed by atoms with Crippen molar-refractivity contribution in [1.29, 1.82) is 0 Å². The van der Waals surface area contributed by atoms with Crippen LogP contribution in [0.3, 0.4) is 0 Å². The molecule has 0 radical (unpaired) electrons. The van der Waals surface area contributed by atoms with Crippen LogP contribution >= 0.6 is 0 Å². The van der Waals surface area contributed by atoms with Gasteiger partial charge >= 0.3 is 0 Å². The van der Waals surface area contributed by atoms with E-state index in [1.54, 1.807) is 6.07 Å². The molecule has 1 aliphatic rings. The average Bonchev–Trinajstić information content (AvgIpc) is 2.79. The van der Waals surface area contributed by atoms with Gasteiger partial charge in [0, 0.05) is 18.5 Å². The molecule has 1 aliphatic heterocycles. The lowest BCUT2D eigenvalue weighted by molar-refractivity contribution is -0.118. The Hall–Kier alpha value is -3.32. The van der Waals surface area contributed by atoms with E-state index in [0.717, 1.165) is 29.8 Å². The summed E-state index contributed by atoms with van der Waals surface area (Å²) in [5, 5.41) is 3.81. The third-order valence-corrected chi connectivity index (χ3v) is 4.82. The molecule has 7 heteroatoms. The number of nitrogens with zero attached hydrogens (tertiary/aromatic N) is 2. The second kappa shape index (κ2) is 9.45. The third-order valence-electron chi connectivity index (χ3n) is 4.82. The van der Waals surface area contributed by atoms with Crippen molar-refractivity contribution >= 4 is 28.3 Å². The van der Waals surface area contributed by atoms with E-state index in [4.69, 9.17) is 19.2 Å². The van der Waals surface area contributed by atoms with Gasteiger partial charge in [0.1, 0.15) is 22.8 Å². The van der Waals surface area contributed by atoms with Gasteiger partial charge in [-0.15, -0.1) is 0 Å². The first-order valence-electron chi connectivity index (χ1n) is 10.1. The minimum Gasteiger partial charge on any atom is -0.492 e. The fourth-order valence-corrected chi connectivity index (χ4v) is 3.38. The highest BCUT2D eigenvalue weighted by Crippen LogP contribution is 2.27. The Balaban J connectivity index is 1.47. The number of rotatable bonds is 7. The molecular formula is C23H25N3O4. The lowest BCUT2D eigenvalue weighted by atomic mass is 10.2. The SMILES string of the molecule is CCOc1ccccc1NC(=O)COc1cccc2ccc(N3CCOCC3)nc12. The van der Waals surface area contributed by atoms with E-state index in [0.29, 0.717) is 37.0 Å². The first-order chi connectivity index (χ1) is 14.7. The van der Waals surface area contributed by atoms with Crippen molar-refractivity contribution in [2.45, 2.75) is 6.92 Å². The summed E-state index contributed by atoms with van der Waals surface area (Å²) < 4.78 is 16.8. The monoisotopic (exact) mass is 407 g/mol. The van der Waals surface area contributed by atoms with Crippen LogP contribution in [0.2, 0.25) is 0 Å². The maximum atomic E-state index is 12.5. The molecule has 0 unspecified atom stereocenters. The standard InChI is InChI=1S/C23H25N3O4/c1-2-29-19-8-4-3-7-18(19)24-22(27)16-30-20-9-5-6-17-10-11-21(25-23(17)20)26-12-14-28-15-13-26/h3-11H,2,12-16H2,1H3,(H,24,27). The Morgan fingerprint density at radius 3 is 2.67 bits per heavy atom. The zero-order chi connectivity index (χ0) is 20.8. The lowest BCUT2D eigenvalue weighted by Crippen LogP contribution is -2.36. The molecule has 0 aliphatic carbocycles. The predicted molar refractivity (Wildman–Crippen MR) is 117 cm³/mol. The summed E-state index contributed by atoms with van der Waals surface area (Å²) in [4.78, 5) is 19.4. The summed E-state index contributed by atoms with van der Waals surface area (Å²) in [6.07, 6.45) is 0. The Kier molecular flexibility index (Phi) is 6.29. The predicted octanol–water partition coefficient (Wildman–Crippen LogP) is 3.49. The summed E-state index contributed by atoms with van der Waals surface area (Å²) in [6.45, 7) is 5.31. The van der Waals surface area contributed by atoms with Gasteiger partial charge in [0.15, 0.2) is 6.61 Å². The van der Waals surface area contributed by atoms with Crippen LogP contribution < -0.4 is 19.7 Å². The number of fused-ring (bicyclic) bond motifs is 1. The molecule has 2 aromatic carbocycles. The largest absolute Gasteiger partial charge is 0.492 e. The molecule has 156 valence electrons. The summed E-state index contributed by atoms with van der Waals surface area (Å²) in [6, 6.07) is 17.1. The molecule has 3 aromatic rings. The first-order valence-corrected chi connectivity index (χ1v) is 10.1.